The van der Waals surface area contributed by atoms with E-state index in [1.807, 2.05) is 0 Å². The first kappa shape index (κ1) is 12.6. The van der Waals surface area contributed by atoms with Crippen LogP contribution in [0, 0.1) is 0 Å². The van der Waals surface area contributed by atoms with Gasteiger partial charge in [-0.2, -0.15) is 0 Å². The summed E-state index contributed by atoms with van der Waals surface area (Å²) in [4.78, 5) is 0. The van der Waals surface area contributed by atoms with E-state index in [0.29, 0.717) is 12.4 Å². The molecule has 3 nitrogen and oxygen atoms in total. The minimum atomic E-state index is -4.67. The third kappa shape index (κ3) is 4.88. The average molecular weight is 235 g/mol. The summed E-state index contributed by atoms with van der Waals surface area (Å²) in [7, 11) is 0. The highest BCUT2D eigenvalue weighted by Gasteiger charge is 2.30. The number of hydrogen-bond acceptors (Lipinski definition) is 3. The van der Waals surface area contributed by atoms with Gasteiger partial charge in [0.25, 0.3) is 0 Å². The van der Waals surface area contributed by atoms with Crippen molar-refractivity contribution in [2.24, 2.45) is 5.73 Å². The molecule has 0 radical (unpaired) electrons. The average Bonchev–Trinajstić information content (AvgIpc) is 2.14. The Morgan fingerprint density at radius 1 is 1.19 bits per heavy atom. The van der Waals surface area contributed by atoms with Crippen LogP contribution in [0.3, 0.4) is 0 Å². The lowest BCUT2D eigenvalue weighted by Gasteiger charge is -2.11. The van der Waals surface area contributed by atoms with Crippen LogP contribution < -0.4 is 15.2 Å². The van der Waals surface area contributed by atoms with E-state index in [-0.39, 0.29) is 11.8 Å². The monoisotopic (exact) mass is 235 g/mol. The van der Waals surface area contributed by atoms with Gasteiger partial charge in [-0.05, 0) is 31.2 Å². The van der Waals surface area contributed by atoms with Crippen molar-refractivity contribution in [2.75, 3.05) is 6.61 Å². The molecule has 16 heavy (non-hydrogen) atoms. The topological polar surface area (TPSA) is 44.5 Å². The third-order valence-electron chi connectivity index (χ3n) is 1.57. The smallest absolute Gasteiger partial charge is 0.492 e. The number of nitrogens with two attached hydrogens (primary N) is 1. The van der Waals surface area contributed by atoms with Crippen LogP contribution >= 0.6 is 0 Å². The van der Waals surface area contributed by atoms with Gasteiger partial charge in [0.15, 0.2) is 0 Å². The second kappa shape index (κ2) is 5.07. The second-order valence-corrected chi connectivity index (χ2v) is 3.31. The number of hydrogen-bond donors (Lipinski definition) is 1. The Balaban J connectivity index is 2.54. The Bertz CT molecular complexity index is 322. The molecule has 90 valence electrons. The van der Waals surface area contributed by atoms with E-state index < -0.39 is 6.36 Å². The normalized spacial score (nSPS) is 13.3. The van der Waals surface area contributed by atoms with Gasteiger partial charge in [-0.15, -0.1) is 13.2 Å². The summed E-state index contributed by atoms with van der Waals surface area (Å²) in [6.45, 7) is 2.07. The molecule has 1 unspecified atom stereocenters. The van der Waals surface area contributed by atoms with Crippen LogP contribution in [0.15, 0.2) is 24.3 Å². The van der Waals surface area contributed by atoms with Crippen molar-refractivity contribution in [2.45, 2.75) is 19.3 Å². The van der Waals surface area contributed by atoms with Gasteiger partial charge in [-0.3, -0.25) is 0 Å². The molecule has 2 N–H and O–H groups in total. The third-order valence-corrected chi connectivity index (χ3v) is 1.57. The quantitative estimate of drug-likeness (QED) is 0.870. The van der Waals surface area contributed by atoms with Gasteiger partial charge in [0, 0.05) is 6.04 Å². The molecule has 0 amide bonds. The first-order valence-electron chi connectivity index (χ1n) is 4.61. The Labute approximate surface area is 91.0 Å². The summed E-state index contributed by atoms with van der Waals surface area (Å²) in [5.74, 6) is 0.174. The molecule has 0 aliphatic heterocycles. The van der Waals surface area contributed by atoms with Gasteiger partial charge in [0.1, 0.15) is 18.1 Å². The lowest BCUT2D eigenvalue weighted by atomic mass is 10.3. The van der Waals surface area contributed by atoms with Crippen LogP contribution in [0.1, 0.15) is 6.92 Å². The maximum atomic E-state index is 11.8. The Morgan fingerprint density at radius 2 is 1.69 bits per heavy atom. The highest BCUT2D eigenvalue weighted by Crippen LogP contribution is 2.24. The van der Waals surface area contributed by atoms with E-state index >= 15 is 0 Å². The fourth-order valence-corrected chi connectivity index (χ4v) is 0.965. The first-order valence-corrected chi connectivity index (χ1v) is 4.61. The van der Waals surface area contributed by atoms with Crippen LogP contribution in [-0.4, -0.2) is 19.0 Å². The van der Waals surface area contributed by atoms with Gasteiger partial charge in [0.2, 0.25) is 0 Å². The van der Waals surface area contributed by atoms with Crippen molar-refractivity contribution >= 4 is 0 Å². The second-order valence-electron chi connectivity index (χ2n) is 3.31. The summed E-state index contributed by atoms with van der Waals surface area (Å²) in [5, 5.41) is 0. The molecular weight excluding hydrogens is 223 g/mol. The van der Waals surface area contributed by atoms with Gasteiger partial charge < -0.3 is 15.2 Å². The summed E-state index contributed by atoms with van der Waals surface area (Å²) in [5.41, 5.74) is 5.45. The number of rotatable bonds is 4. The molecule has 6 heteroatoms. The molecule has 0 fully saturated rings. The van der Waals surface area contributed by atoms with Crippen molar-refractivity contribution in [3.8, 4) is 11.5 Å². The van der Waals surface area contributed by atoms with E-state index in [1.165, 1.54) is 24.3 Å². The molecule has 0 aromatic heterocycles. The van der Waals surface area contributed by atoms with E-state index in [0.717, 1.165) is 0 Å². The van der Waals surface area contributed by atoms with Crippen LogP contribution in [0.25, 0.3) is 0 Å². The van der Waals surface area contributed by atoms with Crippen molar-refractivity contribution < 1.29 is 22.6 Å². The van der Waals surface area contributed by atoms with Gasteiger partial charge in [-0.1, -0.05) is 0 Å². The predicted octanol–water partition coefficient (Wildman–Crippen LogP) is 2.31. The zero-order chi connectivity index (χ0) is 12.2. The van der Waals surface area contributed by atoms with E-state index in [9.17, 15) is 13.2 Å². The molecule has 1 aromatic carbocycles. The number of ether oxygens (including phenoxy) is 2. The van der Waals surface area contributed by atoms with Crippen LogP contribution in [-0.2, 0) is 0 Å². The van der Waals surface area contributed by atoms with Crippen molar-refractivity contribution in [1.29, 1.82) is 0 Å². The zero-order valence-corrected chi connectivity index (χ0v) is 8.62. The Morgan fingerprint density at radius 3 is 2.12 bits per heavy atom. The standard InChI is InChI=1S/C10H12F3NO2/c1-7(14)6-15-8-2-4-9(5-3-8)16-10(11,12)13/h2-5,7H,6,14H2,1H3. The highest BCUT2D eigenvalue weighted by molar-refractivity contribution is 5.31. The summed E-state index contributed by atoms with van der Waals surface area (Å²) < 4.78 is 44.4. The van der Waals surface area contributed by atoms with Crippen molar-refractivity contribution in [3.05, 3.63) is 24.3 Å². The molecule has 0 bridgehead atoms. The minimum Gasteiger partial charge on any atom is -0.492 e. The molecule has 1 atom stereocenters. The number of halogens is 3. The molecular formula is C10H12F3NO2. The lowest BCUT2D eigenvalue weighted by molar-refractivity contribution is -0.274. The predicted molar refractivity (Wildman–Crippen MR) is 52.3 cm³/mol. The Hall–Kier alpha value is -1.43. The maximum absolute atomic E-state index is 11.8. The number of benzene rings is 1. The molecule has 0 spiro atoms. The molecule has 1 rings (SSSR count). The van der Waals surface area contributed by atoms with Crippen LogP contribution in [0.2, 0.25) is 0 Å². The lowest BCUT2D eigenvalue weighted by Crippen LogP contribution is -2.23. The molecule has 0 saturated carbocycles. The molecule has 0 aliphatic carbocycles. The molecule has 1 aromatic rings. The van der Waals surface area contributed by atoms with Crippen LogP contribution in [0.4, 0.5) is 13.2 Å². The van der Waals surface area contributed by atoms with Gasteiger partial charge >= 0.3 is 6.36 Å². The molecule has 0 heterocycles. The highest BCUT2D eigenvalue weighted by atomic mass is 19.4. The zero-order valence-electron chi connectivity index (χ0n) is 8.62. The minimum absolute atomic E-state index is 0.133. The van der Waals surface area contributed by atoms with Crippen molar-refractivity contribution in [1.82, 2.24) is 0 Å². The van der Waals surface area contributed by atoms with Crippen LogP contribution in [0.5, 0.6) is 11.5 Å². The first-order chi connectivity index (χ1) is 7.37. The SMILES string of the molecule is CC(N)COc1ccc(OC(F)(F)F)cc1. The molecule has 0 aliphatic rings. The fourth-order valence-electron chi connectivity index (χ4n) is 0.965. The van der Waals surface area contributed by atoms with E-state index in [4.69, 9.17) is 10.5 Å². The van der Waals surface area contributed by atoms with Crippen molar-refractivity contribution in [3.63, 3.8) is 0 Å². The largest absolute Gasteiger partial charge is 0.573 e. The van der Waals surface area contributed by atoms with E-state index in [2.05, 4.69) is 4.74 Å². The Kier molecular flexibility index (Phi) is 4.00. The molecule has 0 saturated heterocycles. The summed E-state index contributed by atoms with van der Waals surface area (Å²) >= 11 is 0. The van der Waals surface area contributed by atoms with E-state index in [1.54, 1.807) is 6.92 Å². The van der Waals surface area contributed by atoms with Gasteiger partial charge in [0.05, 0.1) is 0 Å². The summed E-state index contributed by atoms with van der Waals surface area (Å²) in [6, 6.07) is 5.02. The fraction of sp³-hybridized carbons (Fsp3) is 0.400. The van der Waals surface area contributed by atoms with Gasteiger partial charge in [-0.25, -0.2) is 0 Å². The summed E-state index contributed by atoms with van der Waals surface area (Å²) in [6.07, 6.45) is -4.67. The maximum Gasteiger partial charge on any atom is 0.573 e. The number of alkyl halides is 3.